The Morgan fingerprint density at radius 3 is 2.93 bits per heavy atom. The largest absolute Gasteiger partial charge is 0.466 e. The molecule has 0 saturated carbocycles. The molecule has 1 rings (SSSR count). The summed E-state index contributed by atoms with van der Waals surface area (Å²) in [4.78, 5) is 21.6. The first-order chi connectivity index (χ1) is 6.56. The summed E-state index contributed by atoms with van der Waals surface area (Å²) < 4.78 is 4.62. The van der Waals surface area contributed by atoms with E-state index in [9.17, 15) is 14.7 Å². The number of aliphatic hydroxyl groups is 1. The zero-order valence-corrected chi connectivity index (χ0v) is 7.64. The van der Waals surface area contributed by atoms with Crippen molar-refractivity contribution < 1.29 is 19.4 Å². The van der Waals surface area contributed by atoms with Gasteiger partial charge < -0.3 is 9.84 Å². The number of carbonyl (C=O) groups is 2. The molecule has 1 atom stereocenters. The molecule has 0 radical (unpaired) electrons. The molecular weight excluding hydrogens is 188 g/mol. The highest BCUT2D eigenvalue weighted by atomic mass is 16.5. The topological polar surface area (TPSA) is 88.3 Å². The third-order valence-electron chi connectivity index (χ3n) is 1.52. The Bertz CT molecular complexity index is 292. The van der Waals surface area contributed by atoms with Crippen molar-refractivity contribution in [1.82, 2.24) is 0 Å². The summed E-state index contributed by atoms with van der Waals surface area (Å²) in [5, 5.41) is 16.0. The van der Waals surface area contributed by atoms with E-state index in [2.05, 4.69) is 15.0 Å². The molecule has 0 fully saturated rings. The molecule has 1 aliphatic rings. The van der Waals surface area contributed by atoms with Gasteiger partial charge in [-0.15, -0.1) is 10.2 Å². The lowest BCUT2D eigenvalue weighted by molar-refractivity contribution is -0.147. The van der Waals surface area contributed by atoms with Gasteiger partial charge in [-0.3, -0.25) is 9.59 Å². The van der Waals surface area contributed by atoms with Crippen LogP contribution < -0.4 is 0 Å². The average Bonchev–Trinajstić information content (AvgIpc) is 2.11. The van der Waals surface area contributed by atoms with Crippen LogP contribution in [0.15, 0.2) is 22.4 Å². The number of hydrogen-bond donors (Lipinski definition) is 1. The summed E-state index contributed by atoms with van der Waals surface area (Å²) in [6, 6.07) is 0. The maximum atomic E-state index is 11.0. The van der Waals surface area contributed by atoms with Crippen LogP contribution in [-0.2, 0) is 14.3 Å². The predicted molar refractivity (Wildman–Crippen MR) is 45.2 cm³/mol. The molecule has 6 nitrogen and oxygen atoms in total. The fraction of sp³-hybridized carbons (Fsp3) is 0.500. The molecule has 1 amide bonds. The lowest BCUT2D eigenvalue weighted by atomic mass is 10.1. The van der Waals surface area contributed by atoms with Gasteiger partial charge in [0.2, 0.25) is 5.72 Å². The summed E-state index contributed by atoms with van der Waals surface area (Å²) in [5.74, 6) is -1.15. The van der Waals surface area contributed by atoms with Gasteiger partial charge in [0.15, 0.2) is 0 Å². The molecule has 0 aromatic carbocycles. The van der Waals surface area contributed by atoms with Crippen molar-refractivity contribution >= 4 is 11.9 Å². The molecule has 0 spiro atoms. The van der Waals surface area contributed by atoms with Crippen LogP contribution in [0.2, 0.25) is 0 Å². The van der Waals surface area contributed by atoms with Gasteiger partial charge in [0.1, 0.15) is 6.42 Å². The number of hydrogen-bond acceptors (Lipinski definition) is 5. The standard InChI is InChI=1S/C8H10N2O4/c1-2-14-7(12)5-8(13)4-3-6(11)9-10-8/h3-4,13H,2,5H2,1H3. The Kier molecular flexibility index (Phi) is 3.08. The number of amides is 1. The van der Waals surface area contributed by atoms with Crippen LogP contribution >= 0.6 is 0 Å². The van der Waals surface area contributed by atoms with Gasteiger partial charge in [0.05, 0.1) is 6.61 Å². The average molecular weight is 198 g/mol. The highest BCUT2D eigenvalue weighted by Gasteiger charge is 2.30. The van der Waals surface area contributed by atoms with Gasteiger partial charge in [-0.1, -0.05) is 0 Å². The van der Waals surface area contributed by atoms with Gasteiger partial charge in [-0.05, 0) is 13.0 Å². The van der Waals surface area contributed by atoms with Crippen LogP contribution in [0.4, 0.5) is 0 Å². The summed E-state index contributed by atoms with van der Waals surface area (Å²) >= 11 is 0. The van der Waals surface area contributed by atoms with E-state index in [1.54, 1.807) is 6.92 Å². The first-order valence-corrected chi connectivity index (χ1v) is 4.10. The second-order valence-corrected chi connectivity index (χ2v) is 2.73. The molecule has 14 heavy (non-hydrogen) atoms. The van der Waals surface area contributed by atoms with Crippen molar-refractivity contribution in [1.29, 1.82) is 0 Å². The molecule has 0 saturated heterocycles. The molecular formula is C8H10N2O4. The van der Waals surface area contributed by atoms with E-state index < -0.39 is 17.6 Å². The van der Waals surface area contributed by atoms with E-state index in [1.165, 1.54) is 0 Å². The number of carbonyl (C=O) groups excluding carboxylic acids is 2. The fourth-order valence-electron chi connectivity index (χ4n) is 0.926. The molecule has 1 N–H and O–H groups in total. The lowest BCUT2D eigenvalue weighted by Gasteiger charge is -2.18. The van der Waals surface area contributed by atoms with Crippen LogP contribution in [0, 0.1) is 0 Å². The molecule has 0 bridgehead atoms. The van der Waals surface area contributed by atoms with E-state index in [0.717, 1.165) is 12.2 Å². The van der Waals surface area contributed by atoms with Crippen molar-refractivity contribution in [3.8, 4) is 0 Å². The summed E-state index contributed by atoms with van der Waals surface area (Å²) in [6.07, 6.45) is 1.85. The predicted octanol–water partition coefficient (Wildman–Crippen LogP) is 0.177. The van der Waals surface area contributed by atoms with Crippen LogP contribution in [-0.4, -0.2) is 29.3 Å². The zero-order chi connectivity index (χ0) is 10.6. The zero-order valence-electron chi connectivity index (χ0n) is 7.64. The molecule has 0 aromatic rings. The van der Waals surface area contributed by atoms with Crippen molar-refractivity contribution in [3.63, 3.8) is 0 Å². The Balaban J connectivity index is 2.60. The van der Waals surface area contributed by atoms with E-state index >= 15 is 0 Å². The van der Waals surface area contributed by atoms with Crippen LogP contribution in [0.3, 0.4) is 0 Å². The number of azo groups is 1. The minimum atomic E-state index is -1.74. The first kappa shape index (κ1) is 10.5. The SMILES string of the molecule is CCOC(=O)CC1(O)C=CC(=O)N=N1. The minimum Gasteiger partial charge on any atom is -0.466 e. The van der Waals surface area contributed by atoms with Gasteiger partial charge in [-0.25, -0.2) is 0 Å². The summed E-state index contributed by atoms with van der Waals surface area (Å²) in [5.41, 5.74) is -1.74. The molecule has 6 heteroatoms. The van der Waals surface area contributed by atoms with Gasteiger partial charge in [0, 0.05) is 6.08 Å². The Morgan fingerprint density at radius 1 is 1.71 bits per heavy atom. The Labute approximate surface area is 80.3 Å². The quantitative estimate of drug-likeness (QED) is 0.655. The van der Waals surface area contributed by atoms with Crippen molar-refractivity contribution in [2.24, 2.45) is 10.2 Å². The lowest BCUT2D eigenvalue weighted by Crippen LogP contribution is -2.29. The van der Waals surface area contributed by atoms with E-state index in [-0.39, 0.29) is 13.0 Å². The maximum Gasteiger partial charge on any atom is 0.311 e. The number of rotatable bonds is 3. The van der Waals surface area contributed by atoms with E-state index in [4.69, 9.17) is 0 Å². The van der Waals surface area contributed by atoms with Gasteiger partial charge >= 0.3 is 5.97 Å². The molecule has 1 aliphatic heterocycles. The van der Waals surface area contributed by atoms with Crippen molar-refractivity contribution in [2.75, 3.05) is 6.61 Å². The van der Waals surface area contributed by atoms with Crippen molar-refractivity contribution in [3.05, 3.63) is 12.2 Å². The van der Waals surface area contributed by atoms with E-state index in [0.29, 0.717) is 0 Å². The second kappa shape index (κ2) is 4.10. The Morgan fingerprint density at radius 2 is 2.43 bits per heavy atom. The summed E-state index contributed by atoms with van der Waals surface area (Å²) in [7, 11) is 0. The Hall–Kier alpha value is -1.56. The molecule has 0 aromatic heterocycles. The maximum absolute atomic E-state index is 11.0. The number of nitrogens with zero attached hydrogens (tertiary/aromatic N) is 2. The minimum absolute atomic E-state index is 0.231. The van der Waals surface area contributed by atoms with E-state index in [1.807, 2.05) is 0 Å². The number of esters is 1. The molecule has 0 aliphatic carbocycles. The smallest absolute Gasteiger partial charge is 0.311 e. The van der Waals surface area contributed by atoms with Crippen LogP contribution in [0.5, 0.6) is 0 Å². The molecule has 1 unspecified atom stereocenters. The molecule has 76 valence electrons. The van der Waals surface area contributed by atoms with Gasteiger partial charge in [-0.2, -0.15) is 0 Å². The third kappa shape index (κ3) is 2.74. The normalized spacial score (nSPS) is 25.1. The van der Waals surface area contributed by atoms with Crippen LogP contribution in [0.1, 0.15) is 13.3 Å². The molecule has 1 heterocycles. The second-order valence-electron chi connectivity index (χ2n) is 2.73. The van der Waals surface area contributed by atoms with Crippen LogP contribution in [0.25, 0.3) is 0 Å². The third-order valence-corrected chi connectivity index (χ3v) is 1.52. The highest BCUT2D eigenvalue weighted by Crippen LogP contribution is 2.19. The van der Waals surface area contributed by atoms with Crippen molar-refractivity contribution in [2.45, 2.75) is 19.1 Å². The monoisotopic (exact) mass is 198 g/mol. The fourth-order valence-corrected chi connectivity index (χ4v) is 0.926. The number of ether oxygens (including phenoxy) is 1. The van der Waals surface area contributed by atoms with Gasteiger partial charge in [0.25, 0.3) is 5.91 Å². The highest BCUT2D eigenvalue weighted by molar-refractivity contribution is 5.89. The summed E-state index contributed by atoms with van der Waals surface area (Å²) in [6.45, 7) is 1.89. The first-order valence-electron chi connectivity index (χ1n) is 4.10.